The van der Waals surface area contributed by atoms with E-state index in [0.717, 1.165) is 24.2 Å². The summed E-state index contributed by atoms with van der Waals surface area (Å²) in [6.07, 6.45) is 0. The average Bonchev–Trinajstić information content (AvgIpc) is 1.81. The normalized spacial score (nSPS) is 12.6. The standard InChI is InChI=1S/C8H21N2/c1-6-9(7-2)8-10(3,4)5/h6-8H2,1-5H3/q+1. The number of hydrogen-bond acceptors (Lipinski definition) is 1. The van der Waals surface area contributed by atoms with Crippen LogP contribution in [0.1, 0.15) is 13.8 Å². The molecule has 2 heteroatoms. The van der Waals surface area contributed by atoms with Crippen molar-refractivity contribution < 1.29 is 4.48 Å². The summed E-state index contributed by atoms with van der Waals surface area (Å²) in [6, 6.07) is 0. The van der Waals surface area contributed by atoms with Crippen LogP contribution in [0.15, 0.2) is 0 Å². The van der Waals surface area contributed by atoms with Gasteiger partial charge in [0.25, 0.3) is 0 Å². The SMILES string of the molecule is CCN(CC)C[N+](C)(C)C. The fraction of sp³-hybridized carbons (Fsp3) is 1.00. The minimum absolute atomic E-state index is 1.03. The number of nitrogens with zero attached hydrogens (tertiary/aromatic N) is 2. The summed E-state index contributed by atoms with van der Waals surface area (Å²) >= 11 is 0. The third-order valence-corrected chi connectivity index (χ3v) is 1.52. The van der Waals surface area contributed by atoms with Gasteiger partial charge in [-0.3, -0.25) is 4.90 Å². The van der Waals surface area contributed by atoms with Gasteiger partial charge in [-0.15, -0.1) is 0 Å². The van der Waals surface area contributed by atoms with Crippen molar-refractivity contribution in [3.8, 4) is 0 Å². The molecule has 2 nitrogen and oxygen atoms in total. The van der Waals surface area contributed by atoms with E-state index in [9.17, 15) is 0 Å². The third-order valence-electron chi connectivity index (χ3n) is 1.52. The molecule has 0 fully saturated rings. The van der Waals surface area contributed by atoms with Crippen molar-refractivity contribution in [1.29, 1.82) is 0 Å². The van der Waals surface area contributed by atoms with Crippen molar-refractivity contribution in [3.63, 3.8) is 0 Å². The summed E-state index contributed by atoms with van der Waals surface area (Å²) in [5.74, 6) is 0. The molecule has 0 N–H and O–H groups in total. The Morgan fingerprint density at radius 2 is 1.40 bits per heavy atom. The minimum atomic E-state index is 1.03. The molecule has 0 aliphatic rings. The summed E-state index contributed by atoms with van der Waals surface area (Å²) in [5.41, 5.74) is 0. The van der Waals surface area contributed by atoms with Gasteiger partial charge in [-0.2, -0.15) is 0 Å². The van der Waals surface area contributed by atoms with Gasteiger partial charge in [0.05, 0.1) is 21.1 Å². The van der Waals surface area contributed by atoms with Crippen LogP contribution in [0.4, 0.5) is 0 Å². The van der Waals surface area contributed by atoms with Gasteiger partial charge >= 0.3 is 0 Å². The molecule has 0 amide bonds. The number of rotatable bonds is 4. The molecular formula is C8H21N2+. The lowest BCUT2D eigenvalue weighted by atomic mass is 10.5. The Hall–Kier alpha value is -0.0800. The van der Waals surface area contributed by atoms with Crippen molar-refractivity contribution in [2.45, 2.75) is 13.8 Å². The summed E-state index contributed by atoms with van der Waals surface area (Å²) in [4.78, 5) is 2.43. The predicted molar refractivity (Wildman–Crippen MR) is 45.8 cm³/mol. The first kappa shape index (κ1) is 9.92. The molecule has 0 aromatic carbocycles. The first-order valence-corrected chi connectivity index (χ1v) is 4.02. The van der Waals surface area contributed by atoms with Crippen LogP contribution in [0.2, 0.25) is 0 Å². The van der Waals surface area contributed by atoms with Crippen LogP contribution in [-0.4, -0.2) is 50.3 Å². The molecule has 0 radical (unpaired) electrons. The van der Waals surface area contributed by atoms with Crippen LogP contribution < -0.4 is 0 Å². The fourth-order valence-corrected chi connectivity index (χ4v) is 1.02. The maximum Gasteiger partial charge on any atom is 0.134 e. The molecule has 0 aromatic rings. The van der Waals surface area contributed by atoms with E-state index < -0.39 is 0 Å². The Labute approximate surface area is 65.0 Å². The molecular weight excluding hydrogens is 124 g/mol. The van der Waals surface area contributed by atoms with Gasteiger partial charge in [0.15, 0.2) is 0 Å². The van der Waals surface area contributed by atoms with E-state index >= 15 is 0 Å². The van der Waals surface area contributed by atoms with Gasteiger partial charge in [-0.25, -0.2) is 0 Å². The molecule has 0 saturated heterocycles. The largest absolute Gasteiger partial charge is 0.318 e. The molecule has 0 atom stereocenters. The zero-order valence-corrected chi connectivity index (χ0v) is 8.02. The molecule has 62 valence electrons. The second-order valence-corrected chi connectivity index (χ2v) is 3.74. The number of quaternary nitrogens is 1. The Balaban J connectivity index is 3.63. The van der Waals surface area contributed by atoms with Crippen LogP contribution in [0.5, 0.6) is 0 Å². The first-order chi connectivity index (χ1) is 4.49. The van der Waals surface area contributed by atoms with E-state index in [0.29, 0.717) is 0 Å². The average molecular weight is 145 g/mol. The maximum atomic E-state index is 2.43. The topological polar surface area (TPSA) is 3.24 Å². The number of hydrogen-bond donors (Lipinski definition) is 0. The highest BCUT2D eigenvalue weighted by atomic mass is 15.4. The third kappa shape index (κ3) is 4.77. The van der Waals surface area contributed by atoms with Crippen molar-refractivity contribution in [2.75, 3.05) is 40.9 Å². The molecule has 10 heavy (non-hydrogen) atoms. The van der Waals surface area contributed by atoms with E-state index in [1.165, 1.54) is 0 Å². The lowest BCUT2D eigenvalue weighted by molar-refractivity contribution is -0.880. The Bertz CT molecular complexity index is 79.7. The molecule has 0 spiro atoms. The minimum Gasteiger partial charge on any atom is -0.318 e. The van der Waals surface area contributed by atoms with E-state index in [1.54, 1.807) is 0 Å². The summed E-state index contributed by atoms with van der Waals surface area (Å²) in [6.45, 7) is 7.88. The molecule has 0 bridgehead atoms. The van der Waals surface area contributed by atoms with Gasteiger partial charge < -0.3 is 4.48 Å². The van der Waals surface area contributed by atoms with Crippen LogP contribution in [0.3, 0.4) is 0 Å². The van der Waals surface area contributed by atoms with Gasteiger partial charge in [-0.05, 0) is 0 Å². The molecule has 0 unspecified atom stereocenters. The zero-order valence-electron chi connectivity index (χ0n) is 8.02. The van der Waals surface area contributed by atoms with Crippen LogP contribution in [-0.2, 0) is 0 Å². The van der Waals surface area contributed by atoms with Crippen LogP contribution in [0, 0.1) is 0 Å². The van der Waals surface area contributed by atoms with E-state index in [2.05, 4.69) is 39.9 Å². The lowest BCUT2D eigenvalue weighted by Crippen LogP contribution is -2.45. The second kappa shape index (κ2) is 3.94. The monoisotopic (exact) mass is 145 g/mol. The van der Waals surface area contributed by atoms with Gasteiger partial charge in [-0.1, -0.05) is 13.8 Å². The van der Waals surface area contributed by atoms with Crippen LogP contribution in [0.25, 0.3) is 0 Å². The quantitative estimate of drug-likeness (QED) is 0.421. The van der Waals surface area contributed by atoms with Crippen molar-refractivity contribution in [2.24, 2.45) is 0 Å². The molecule has 0 saturated carbocycles. The van der Waals surface area contributed by atoms with Crippen molar-refractivity contribution in [1.82, 2.24) is 4.90 Å². The Kier molecular flexibility index (Phi) is 3.91. The summed E-state index contributed by atoms with van der Waals surface area (Å²) < 4.78 is 1.03. The highest BCUT2D eigenvalue weighted by Gasteiger charge is 2.10. The summed E-state index contributed by atoms with van der Waals surface area (Å²) in [5, 5.41) is 0. The highest BCUT2D eigenvalue weighted by Crippen LogP contribution is 1.94. The van der Waals surface area contributed by atoms with Gasteiger partial charge in [0.2, 0.25) is 0 Å². The predicted octanol–water partition coefficient (Wildman–Crippen LogP) is 0.992. The molecule has 0 aromatic heterocycles. The molecule has 0 aliphatic heterocycles. The molecule has 0 aliphatic carbocycles. The van der Waals surface area contributed by atoms with Crippen LogP contribution >= 0.6 is 0 Å². The second-order valence-electron chi connectivity index (χ2n) is 3.74. The fourth-order valence-electron chi connectivity index (χ4n) is 1.02. The smallest absolute Gasteiger partial charge is 0.134 e. The maximum absolute atomic E-state index is 2.43. The molecule has 0 rings (SSSR count). The molecule has 0 heterocycles. The lowest BCUT2D eigenvalue weighted by Gasteiger charge is -2.30. The van der Waals surface area contributed by atoms with Crippen molar-refractivity contribution in [3.05, 3.63) is 0 Å². The van der Waals surface area contributed by atoms with Gasteiger partial charge in [0, 0.05) is 13.1 Å². The van der Waals surface area contributed by atoms with Gasteiger partial charge in [0.1, 0.15) is 6.67 Å². The first-order valence-electron chi connectivity index (χ1n) is 4.02. The van der Waals surface area contributed by atoms with Crippen molar-refractivity contribution >= 4 is 0 Å². The van der Waals surface area contributed by atoms with E-state index in [1.807, 2.05) is 0 Å². The summed E-state index contributed by atoms with van der Waals surface area (Å²) in [7, 11) is 6.66. The Morgan fingerprint density at radius 3 is 1.50 bits per heavy atom. The highest BCUT2D eigenvalue weighted by molar-refractivity contribution is 4.42. The Morgan fingerprint density at radius 1 is 1.00 bits per heavy atom. The van der Waals surface area contributed by atoms with E-state index in [-0.39, 0.29) is 0 Å². The zero-order chi connectivity index (χ0) is 8.20. The van der Waals surface area contributed by atoms with E-state index in [4.69, 9.17) is 0 Å².